The predicted octanol–water partition coefficient (Wildman–Crippen LogP) is -8.04. The molecule has 14 aliphatic rings. The van der Waals surface area contributed by atoms with Crippen molar-refractivity contribution < 1.29 is 57.6 Å². The molecular weight excluding hydrogens is 864 g/mol. The third kappa shape index (κ3) is 4.34. The van der Waals surface area contributed by atoms with Crippen LogP contribution in [0.25, 0.3) is 0 Å². The molecule has 0 saturated carbocycles. The lowest BCUT2D eigenvalue weighted by molar-refractivity contribution is -0.855. The Morgan fingerprint density at radius 2 is 0.875 bits per heavy atom. The van der Waals surface area contributed by atoms with Crippen molar-refractivity contribution in [1.82, 2.24) is 107 Å². The molecule has 12 atom stereocenters. The quantitative estimate of drug-likeness (QED) is 0.102. The summed E-state index contributed by atoms with van der Waals surface area (Å²) in [6.07, 6.45) is -16.4. The highest BCUT2D eigenvalue weighted by Crippen LogP contribution is 2.38. The average Bonchev–Trinajstić information content (AvgIpc) is 4.07. The number of hydrazine groups is 2. The molecule has 15 bridgehead atoms. The SMILES string of the molecule is O=C1NC2C3N1CNC1NCN3C(=O)N2CN2C(=O)N3CNC(NC(=O)N4C(=O)NC2C34)C2NCN3C(=O)N(CN4C(=O)N5C6C4NC(=O)N6C[N+](=O)C1[N+]5=O)C1NC(=O)N(C13)[N+]2=O. The van der Waals surface area contributed by atoms with E-state index in [1.807, 2.05) is 0 Å². The Bertz CT molecular complexity index is 2390. The minimum absolute atomic E-state index is 0.0781. The number of carbonyl (C=O) groups is 9. The Hall–Kier alpha value is -7.73. The van der Waals surface area contributed by atoms with E-state index in [-0.39, 0.29) is 21.2 Å². The molecule has 14 aliphatic heterocycles. The number of fused-ring (bicyclic) bond motifs is 1. The Morgan fingerprint density at radius 3 is 1.55 bits per heavy atom. The van der Waals surface area contributed by atoms with Crippen molar-refractivity contribution >= 4 is 54.3 Å². The molecule has 14 saturated heterocycles. The van der Waals surface area contributed by atoms with E-state index >= 15 is 0 Å². The normalized spacial score (nSPS) is 39.5. The van der Waals surface area contributed by atoms with Crippen LogP contribution in [0, 0.1) is 14.7 Å². The smallest absolute Gasteiger partial charge is 0.314 e. The number of amides is 18. The molecule has 0 aromatic carbocycles. The van der Waals surface area contributed by atoms with E-state index < -0.39 is 168 Å². The van der Waals surface area contributed by atoms with E-state index in [0.717, 1.165) is 34.3 Å². The van der Waals surface area contributed by atoms with E-state index in [9.17, 15) is 57.9 Å². The molecule has 0 aliphatic carbocycles. The molecule has 336 valence electrons. The number of imide groups is 1. The lowest BCUT2D eigenvalue weighted by Gasteiger charge is -2.34. The molecule has 0 spiro atoms. The number of hydrogen-bond acceptors (Lipinski definition) is 16. The topological polar surface area (TPSA) is 361 Å². The van der Waals surface area contributed by atoms with Gasteiger partial charge in [0.15, 0.2) is 35.7 Å². The van der Waals surface area contributed by atoms with Crippen molar-refractivity contribution in [2.75, 3.05) is 46.7 Å². The molecule has 36 nitrogen and oxygen atoms in total. The molecule has 18 amide bonds. The summed E-state index contributed by atoms with van der Waals surface area (Å²) in [4.78, 5) is 179. The Labute approximate surface area is 354 Å². The van der Waals surface area contributed by atoms with Gasteiger partial charge in [-0.25, -0.2) is 58.3 Å². The van der Waals surface area contributed by atoms with Gasteiger partial charge >= 0.3 is 66.6 Å². The summed E-state index contributed by atoms with van der Waals surface area (Å²) >= 11 is 0. The number of nitroso groups, excluding NO2 is 3. The van der Waals surface area contributed by atoms with Gasteiger partial charge in [0.05, 0.1) is 41.2 Å². The van der Waals surface area contributed by atoms with Crippen LogP contribution in [0.2, 0.25) is 0 Å². The van der Waals surface area contributed by atoms with Crippen LogP contribution >= 0.6 is 0 Å². The molecule has 12 unspecified atom stereocenters. The van der Waals surface area contributed by atoms with Crippen LogP contribution < -0.4 is 47.9 Å². The van der Waals surface area contributed by atoms with Gasteiger partial charge < -0.3 is 26.6 Å². The predicted molar refractivity (Wildman–Crippen MR) is 189 cm³/mol. The third-order valence-electron chi connectivity index (χ3n) is 13.9. The van der Waals surface area contributed by atoms with Crippen LogP contribution in [0.1, 0.15) is 0 Å². The van der Waals surface area contributed by atoms with Gasteiger partial charge in [-0.3, -0.25) is 55.1 Å². The van der Waals surface area contributed by atoms with Crippen molar-refractivity contribution in [1.29, 1.82) is 0 Å². The lowest BCUT2D eigenvalue weighted by Crippen LogP contribution is -2.69. The molecule has 14 rings (SSSR count). The standard InChI is InChI=1S/C28H32N24O12/c53-20-34-11-16-38(20)1-30-9-15-47(62)7-46-19-14(35-21(46)54)45(28(61)50(19)52(15)64)6-44-13-18-41(27(44)60)4-32-10(51(63)49(18)24(57)37-13)8-29-2-40-17-12(36-23(56)48(17)22(55)33-8)43(26(40)59)5-42(11)25(58)39(16)3-31-9/h8-19,29-32H,1-7H2,(H2-3,33,34,35,36,37,53,54,55,56,57)/p+3. The maximum atomic E-state index is 14.6. The van der Waals surface area contributed by atoms with Gasteiger partial charge in [0.2, 0.25) is 23.4 Å². The summed E-state index contributed by atoms with van der Waals surface area (Å²) in [6, 6.07) is -7.85. The Balaban J connectivity index is 0.912. The molecule has 36 heteroatoms. The largest absolute Gasteiger partial charge is 0.490 e. The highest BCUT2D eigenvalue weighted by atomic mass is 16.4. The second-order valence-electron chi connectivity index (χ2n) is 16.8. The minimum Gasteiger partial charge on any atom is -0.314 e. The first-order valence-electron chi connectivity index (χ1n) is 20.0. The number of carbonyl (C=O) groups excluding carboxylic acids is 9. The number of nitrogens with zero attached hydrogens (tertiary/aromatic N) is 15. The second-order valence-corrected chi connectivity index (χ2v) is 16.8. The summed E-state index contributed by atoms with van der Waals surface area (Å²) < 4.78 is 0.254. The van der Waals surface area contributed by atoms with Crippen molar-refractivity contribution in [2.45, 2.75) is 74.0 Å². The highest BCUT2D eigenvalue weighted by molar-refractivity contribution is 5.98. The van der Waals surface area contributed by atoms with Crippen LogP contribution in [0.3, 0.4) is 0 Å². The van der Waals surface area contributed by atoms with Gasteiger partial charge in [-0.1, -0.05) is 0 Å². The van der Waals surface area contributed by atoms with Crippen LogP contribution in [0.5, 0.6) is 0 Å². The zero-order chi connectivity index (χ0) is 44.1. The van der Waals surface area contributed by atoms with Crippen molar-refractivity contribution in [2.24, 2.45) is 0 Å². The van der Waals surface area contributed by atoms with Crippen LogP contribution in [-0.2, 0) is 0 Å². The number of nitrogens with one attached hydrogen (secondary N) is 9. The maximum absolute atomic E-state index is 14.6. The summed E-state index contributed by atoms with van der Waals surface area (Å²) in [5.74, 6) is 0. The van der Waals surface area contributed by atoms with E-state index in [1.165, 1.54) is 14.7 Å². The molecule has 0 aromatic heterocycles. The fourth-order valence-electron chi connectivity index (χ4n) is 11.0. The van der Waals surface area contributed by atoms with Gasteiger partial charge in [-0.15, -0.1) is 0 Å². The van der Waals surface area contributed by atoms with Crippen molar-refractivity contribution in [3.63, 3.8) is 0 Å². The summed E-state index contributed by atoms with van der Waals surface area (Å²) in [5.41, 5.74) is 0. The van der Waals surface area contributed by atoms with Gasteiger partial charge in [-0.05, 0) is 10.0 Å². The van der Waals surface area contributed by atoms with E-state index in [4.69, 9.17) is 0 Å². The Kier molecular flexibility index (Phi) is 6.94. The zero-order valence-corrected chi connectivity index (χ0v) is 32.5. The van der Waals surface area contributed by atoms with E-state index in [1.54, 1.807) is 0 Å². The molecule has 14 heterocycles. The summed E-state index contributed by atoms with van der Waals surface area (Å²) in [7, 11) is 0. The number of hydrogen-bond donors (Lipinski definition) is 9. The lowest BCUT2D eigenvalue weighted by atomic mass is 10.3. The van der Waals surface area contributed by atoms with Crippen molar-refractivity contribution in [3.8, 4) is 0 Å². The molecule has 64 heavy (non-hydrogen) atoms. The fourth-order valence-corrected chi connectivity index (χ4v) is 11.0. The number of urea groups is 9. The first kappa shape index (κ1) is 36.9. The molecule has 9 N–H and O–H groups in total. The molecule has 0 aromatic rings. The van der Waals surface area contributed by atoms with Gasteiger partial charge in [-0.2, -0.15) is 0 Å². The molecule has 0 radical (unpaired) electrons. The van der Waals surface area contributed by atoms with E-state index in [0.29, 0.717) is 10.0 Å². The first-order valence-corrected chi connectivity index (χ1v) is 20.0. The second kappa shape index (κ2) is 12.0. The Morgan fingerprint density at radius 1 is 0.406 bits per heavy atom. The third-order valence-corrected chi connectivity index (χ3v) is 13.9. The van der Waals surface area contributed by atoms with E-state index in [2.05, 4.69) is 47.9 Å². The molecule has 14 fully saturated rings. The summed E-state index contributed by atoms with van der Waals surface area (Å²) in [6.45, 7) is -3.57. The van der Waals surface area contributed by atoms with Crippen LogP contribution in [0.15, 0.2) is 0 Å². The van der Waals surface area contributed by atoms with Gasteiger partial charge in [0, 0.05) is 4.91 Å². The number of rotatable bonds is 0. The van der Waals surface area contributed by atoms with Crippen LogP contribution in [0.4, 0.5) is 43.2 Å². The fraction of sp³-hybridized carbons (Fsp3) is 0.679. The maximum Gasteiger partial charge on any atom is 0.490 e. The zero-order valence-electron chi connectivity index (χ0n) is 32.5. The monoisotopic (exact) mass is 899 g/mol. The minimum atomic E-state index is -1.88. The van der Waals surface area contributed by atoms with Crippen molar-refractivity contribution in [3.05, 3.63) is 14.7 Å². The average molecular weight is 900 g/mol. The van der Waals surface area contributed by atoms with Gasteiger partial charge in [0.1, 0.15) is 25.7 Å². The first-order chi connectivity index (χ1) is 30.7. The summed E-state index contributed by atoms with van der Waals surface area (Å²) in [5, 5.41) is 26.1. The van der Waals surface area contributed by atoms with Crippen LogP contribution in [-0.4, -0.2) is 248 Å². The highest BCUT2D eigenvalue weighted by Gasteiger charge is 2.73. The molecular formula is C28H35N24O12+3. The van der Waals surface area contributed by atoms with Gasteiger partial charge in [0.25, 0.3) is 6.67 Å².